The van der Waals surface area contributed by atoms with E-state index in [2.05, 4.69) is 15.1 Å². The molecule has 0 amide bonds. The summed E-state index contributed by atoms with van der Waals surface area (Å²) in [5, 5.41) is 4.95. The van der Waals surface area contributed by atoms with Crippen molar-refractivity contribution in [2.24, 2.45) is 0 Å². The van der Waals surface area contributed by atoms with E-state index in [1.54, 1.807) is 17.1 Å². The van der Waals surface area contributed by atoms with Crippen LogP contribution in [0.5, 0.6) is 0 Å². The van der Waals surface area contributed by atoms with E-state index < -0.39 is 0 Å². The van der Waals surface area contributed by atoms with Gasteiger partial charge in [0.2, 0.25) is 0 Å². The van der Waals surface area contributed by atoms with Crippen molar-refractivity contribution in [2.75, 3.05) is 0 Å². The van der Waals surface area contributed by atoms with Crippen LogP contribution in [0.25, 0.3) is 5.82 Å². The Morgan fingerprint density at radius 1 is 1.31 bits per heavy atom. The Morgan fingerprint density at radius 3 is 2.62 bits per heavy atom. The van der Waals surface area contributed by atoms with Gasteiger partial charge in [-0.25, -0.2) is 9.67 Å². The van der Waals surface area contributed by atoms with Gasteiger partial charge >= 0.3 is 0 Å². The maximum absolute atomic E-state index is 6.06. The van der Waals surface area contributed by atoms with Crippen molar-refractivity contribution in [3.63, 3.8) is 0 Å². The zero-order valence-electron chi connectivity index (χ0n) is 8.91. The molecule has 0 unspecified atom stereocenters. The predicted molar refractivity (Wildman–Crippen MR) is 63.2 cm³/mol. The fourth-order valence-electron chi connectivity index (χ4n) is 1.41. The molecule has 2 aromatic rings. The number of hydrogen-bond donors (Lipinski definition) is 0. The summed E-state index contributed by atoms with van der Waals surface area (Å²) >= 11 is 11.8. The Balaban J connectivity index is 2.54. The molecule has 0 aliphatic rings. The summed E-state index contributed by atoms with van der Waals surface area (Å²) in [7, 11) is 0. The lowest BCUT2D eigenvalue weighted by molar-refractivity contribution is 0.792. The lowest BCUT2D eigenvalue weighted by atomic mass is 10.4. The molecule has 84 valence electrons. The molecule has 0 aromatic carbocycles. The van der Waals surface area contributed by atoms with Crippen LogP contribution in [0.1, 0.15) is 17.1 Å². The molecule has 0 bridgehead atoms. The quantitative estimate of drug-likeness (QED) is 0.777. The third-order valence-electron chi connectivity index (χ3n) is 2.23. The number of aryl methyl sites for hydroxylation is 1. The fourth-order valence-corrected chi connectivity index (χ4v) is 1.65. The van der Waals surface area contributed by atoms with E-state index in [-0.39, 0.29) is 0 Å². The van der Waals surface area contributed by atoms with Crippen molar-refractivity contribution >= 4 is 23.2 Å². The molecule has 2 rings (SSSR count). The van der Waals surface area contributed by atoms with E-state index in [1.165, 1.54) is 0 Å². The van der Waals surface area contributed by atoms with Crippen LogP contribution in [0.3, 0.4) is 0 Å². The van der Waals surface area contributed by atoms with Gasteiger partial charge < -0.3 is 0 Å². The van der Waals surface area contributed by atoms with Crippen molar-refractivity contribution in [1.29, 1.82) is 0 Å². The Hall–Kier alpha value is -1.13. The number of rotatable bonds is 2. The minimum Gasteiger partial charge on any atom is -0.259 e. The first-order valence-corrected chi connectivity index (χ1v) is 5.63. The van der Waals surface area contributed by atoms with E-state index in [0.29, 0.717) is 22.4 Å². The van der Waals surface area contributed by atoms with E-state index in [4.69, 9.17) is 23.2 Å². The molecule has 0 saturated carbocycles. The van der Waals surface area contributed by atoms with Crippen molar-refractivity contribution in [3.05, 3.63) is 34.5 Å². The highest BCUT2D eigenvalue weighted by atomic mass is 35.5. The second-order valence-electron chi connectivity index (χ2n) is 3.40. The number of alkyl halides is 1. The highest BCUT2D eigenvalue weighted by Gasteiger charge is 2.11. The van der Waals surface area contributed by atoms with Crippen LogP contribution in [0, 0.1) is 13.8 Å². The molecule has 0 N–H and O–H groups in total. The molecule has 0 aliphatic heterocycles. The first-order valence-electron chi connectivity index (χ1n) is 4.72. The molecule has 0 radical (unpaired) electrons. The zero-order valence-corrected chi connectivity index (χ0v) is 10.4. The van der Waals surface area contributed by atoms with Crippen LogP contribution < -0.4 is 0 Å². The predicted octanol–water partition coefficient (Wildman–Crippen LogP) is 2.67. The Labute approximate surface area is 103 Å². The van der Waals surface area contributed by atoms with Crippen molar-refractivity contribution in [2.45, 2.75) is 19.7 Å². The van der Waals surface area contributed by atoms with Crippen molar-refractivity contribution < 1.29 is 0 Å². The molecule has 0 spiro atoms. The van der Waals surface area contributed by atoms with Gasteiger partial charge in [-0.3, -0.25) is 4.98 Å². The molecule has 6 heteroatoms. The van der Waals surface area contributed by atoms with Gasteiger partial charge in [0.05, 0.1) is 34.2 Å². The van der Waals surface area contributed by atoms with Crippen LogP contribution in [0.2, 0.25) is 5.02 Å². The van der Waals surface area contributed by atoms with Gasteiger partial charge in [0.15, 0.2) is 5.82 Å². The Morgan fingerprint density at radius 2 is 2.06 bits per heavy atom. The number of halogens is 2. The van der Waals surface area contributed by atoms with Crippen molar-refractivity contribution in [3.8, 4) is 5.82 Å². The number of hydrogen-bond acceptors (Lipinski definition) is 3. The van der Waals surface area contributed by atoms with Gasteiger partial charge in [-0.2, -0.15) is 5.10 Å². The monoisotopic (exact) mass is 256 g/mol. The second-order valence-corrected chi connectivity index (χ2v) is 4.04. The number of aromatic nitrogens is 4. The molecule has 2 aromatic heterocycles. The van der Waals surface area contributed by atoms with E-state index in [9.17, 15) is 0 Å². The molecule has 16 heavy (non-hydrogen) atoms. The van der Waals surface area contributed by atoms with Gasteiger partial charge in [0.25, 0.3) is 0 Å². The molecule has 0 fully saturated rings. The van der Waals surface area contributed by atoms with Crippen molar-refractivity contribution in [1.82, 2.24) is 19.7 Å². The first-order chi connectivity index (χ1) is 7.63. The van der Waals surface area contributed by atoms with Crippen LogP contribution in [-0.4, -0.2) is 19.7 Å². The second kappa shape index (κ2) is 4.39. The van der Waals surface area contributed by atoms with Gasteiger partial charge in [-0.05, 0) is 13.8 Å². The van der Waals surface area contributed by atoms with E-state index in [1.807, 2.05) is 13.8 Å². The minimum absolute atomic E-state index is 0.327. The average Bonchev–Trinajstić information content (AvgIpc) is 2.57. The fraction of sp³-hybridized carbons (Fsp3) is 0.300. The average molecular weight is 257 g/mol. The molecule has 2 heterocycles. The van der Waals surface area contributed by atoms with E-state index in [0.717, 1.165) is 11.4 Å². The minimum atomic E-state index is 0.327. The standard InChI is InChI=1S/C10H10Cl2N4/c1-6-10(12)7(2)16(15-6)9-5-13-4-8(3-11)14-9/h4-5H,3H2,1-2H3. The molecule has 4 nitrogen and oxygen atoms in total. The number of nitrogens with zero attached hydrogens (tertiary/aromatic N) is 4. The van der Waals surface area contributed by atoms with Gasteiger partial charge in [-0.15, -0.1) is 11.6 Å². The van der Waals surface area contributed by atoms with Gasteiger partial charge in [-0.1, -0.05) is 11.6 Å². The van der Waals surface area contributed by atoms with Gasteiger partial charge in [0.1, 0.15) is 0 Å². The summed E-state index contributed by atoms with van der Waals surface area (Å²) in [6.45, 7) is 3.74. The van der Waals surface area contributed by atoms with Crippen LogP contribution in [0.15, 0.2) is 12.4 Å². The lowest BCUT2D eigenvalue weighted by Crippen LogP contribution is -2.04. The maximum Gasteiger partial charge on any atom is 0.172 e. The van der Waals surface area contributed by atoms with Crippen LogP contribution in [-0.2, 0) is 5.88 Å². The SMILES string of the molecule is Cc1nn(-c2cncc(CCl)n2)c(C)c1Cl. The molecular formula is C10H10Cl2N4. The summed E-state index contributed by atoms with van der Waals surface area (Å²) in [5.41, 5.74) is 2.33. The first kappa shape index (κ1) is 11.4. The Kier molecular flexibility index (Phi) is 3.12. The third kappa shape index (κ3) is 1.90. The van der Waals surface area contributed by atoms with Crippen LogP contribution in [0.4, 0.5) is 0 Å². The molecule has 0 atom stereocenters. The smallest absolute Gasteiger partial charge is 0.172 e. The molecule has 0 aliphatic carbocycles. The summed E-state index contributed by atoms with van der Waals surface area (Å²) in [5.74, 6) is 0.957. The largest absolute Gasteiger partial charge is 0.259 e. The molecule has 0 saturated heterocycles. The summed E-state index contributed by atoms with van der Waals surface area (Å²) in [6, 6.07) is 0. The highest BCUT2D eigenvalue weighted by molar-refractivity contribution is 6.31. The molecular weight excluding hydrogens is 247 g/mol. The zero-order chi connectivity index (χ0) is 11.7. The van der Waals surface area contributed by atoms with Crippen LogP contribution >= 0.6 is 23.2 Å². The summed E-state index contributed by atoms with van der Waals surface area (Å²) < 4.78 is 1.67. The summed E-state index contributed by atoms with van der Waals surface area (Å²) in [4.78, 5) is 8.39. The maximum atomic E-state index is 6.06. The lowest BCUT2D eigenvalue weighted by Gasteiger charge is -2.03. The summed E-state index contributed by atoms with van der Waals surface area (Å²) in [6.07, 6.45) is 3.26. The third-order valence-corrected chi connectivity index (χ3v) is 3.05. The normalized spacial score (nSPS) is 10.8. The Bertz CT molecular complexity index is 522. The van der Waals surface area contributed by atoms with Gasteiger partial charge in [0, 0.05) is 6.20 Å². The van der Waals surface area contributed by atoms with E-state index >= 15 is 0 Å². The topological polar surface area (TPSA) is 43.6 Å². The highest BCUT2D eigenvalue weighted by Crippen LogP contribution is 2.21.